The summed E-state index contributed by atoms with van der Waals surface area (Å²) >= 11 is 1.55. The number of carbonyl (C=O) groups is 1. The molecule has 2 fully saturated rings. The number of aliphatic imine (C=N–C) groups is 1. The molecule has 0 aromatic heterocycles. The topological polar surface area (TPSA) is 79.0 Å². The van der Waals surface area contributed by atoms with Crippen LogP contribution >= 0.6 is 11.8 Å². The van der Waals surface area contributed by atoms with Gasteiger partial charge in [0.15, 0.2) is 5.17 Å². The average Bonchev–Trinajstić information content (AvgIpc) is 2.80. The van der Waals surface area contributed by atoms with Crippen LogP contribution in [0.15, 0.2) is 53.5 Å². The van der Waals surface area contributed by atoms with E-state index in [-0.39, 0.29) is 11.6 Å². The van der Waals surface area contributed by atoms with Crippen molar-refractivity contribution in [2.24, 2.45) is 4.99 Å². The number of piperidine rings is 1. The Hall–Kier alpha value is -2.87. The maximum atomic E-state index is 13.6. The lowest BCUT2D eigenvalue weighted by Gasteiger charge is -2.32. The van der Waals surface area contributed by atoms with Gasteiger partial charge >= 0.3 is 0 Å². The fourth-order valence-electron chi connectivity index (χ4n) is 3.82. The number of thioether (sulfide) groups is 1. The van der Waals surface area contributed by atoms with Crippen molar-refractivity contribution in [2.75, 3.05) is 30.3 Å². The second-order valence-corrected chi connectivity index (χ2v) is 8.46. The van der Waals surface area contributed by atoms with Gasteiger partial charge in [-0.3, -0.25) is 19.8 Å². The van der Waals surface area contributed by atoms with E-state index in [1.165, 1.54) is 18.6 Å². The Morgan fingerprint density at radius 3 is 2.50 bits per heavy atom. The van der Waals surface area contributed by atoms with Crippen molar-refractivity contribution in [1.29, 1.82) is 0 Å². The Bertz CT molecular complexity index is 958. The summed E-state index contributed by atoms with van der Waals surface area (Å²) in [6.45, 7) is 2.27. The molecule has 7 nitrogen and oxygen atoms in total. The minimum Gasteiger partial charge on any atom is -0.371 e. The smallest absolute Gasteiger partial charge is 0.270 e. The predicted octanol–water partition coefficient (Wildman–Crippen LogP) is 4.85. The fourth-order valence-corrected chi connectivity index (χ4v) is 4.77. The molecule has 1 amide bonds. The molecule has 2 aliphatic rings. The molecule has 156 valence electrons. The molecule has 0 bridgehead atoms. The van der Waals surface area contributed by atoms with Crippen molar-refractivity contribution in [1.82, 2.24) is 4.90 Å². The van der Waals surface area contributed by atoms with E-state index in [0.29, 0.717) is 17.3 Å². The Balaban J connectivity index is 1.71. The molecule has 2 saturated heterocycles. The molecule has 2 heterocycles. The third-order valence-corrected chi connectivity index (χ3v) is 6.39. The van der Waals surface area contributed by atoms with E-state index < -0.39 is 4.92 Å². The standard InChI is InChI=1S/C22H24N4O3S/c27-21(25-14-7-15-30-22(25)23-17-8-3-1-4-9-17)19-16-18(26(28)29)10-11-20(19)24-12-5-2-6-13-24/h1,3-4,8-11,16H,2,5-7,12-15H2. The average molecular weight is 425 g/mol. The van der Waals surface area contributed by atoms with Crippen LogP contribution in [0.1, 0.15) is 36.0 Å². The van der Waals surface area contributed by atoms with Gasteiger partial charge in [-0.2, -0.15) is 0 Å². The van der Waals surface area contributed by atoms with Gasteiger partial charge in [-0.15, -0.1) is 0 Å². The summed E-state index contributed by atoms with van der Waals surface area (Å²) in [6, 6.07) is 14.2. The molecule has 0 atom stereocenters. The Morgan fingerprint density at radius 1 is 1.00 bits per heavy atom. The van der Waals surface area contributed by atoms with Gasteiger partial charge in [0.25, 0.3) is 11.6 Å². The normalized spacial score (nSPS) is 18.5. The summed E-state index contributed by atoms with van der Waals surface area (Å²) in [5.74, 6) is 0.671. The first-order valence-corrected chi connectivity index (χ1v) is 11.2. The highest BCUT2D eigenvalue weighted by Crippen LogP contribution is 2.31. The van der Waals surface area contributed by atoms with Crippen molar-refractivity contribution >= 4 is 39.9 Å². The number of benzene rings is 2. The van der Waals surface area contributed by atoms with E-state index in [0.717, 1.165) is 49.5 Å². The number of amidine groups is 1. The van der Waals surface area contributed by atoms with Crippen LogP contribution in [0.25, 0.3) is 0 Å². The molecule has 2 aromatic rings. The van der Waals surface area contributed by atoms with Crippen LogP contribution in [0.5, 0.6) is 0 Å². The lowest BCUT2D eigenvalue weighted by molar-refractivity contribution is -0.384. The number of carbonyl (C=O) groups excluding carboxylic acids is 1. The summed E-state index contributed by atoms with van der Waals surface area (Å²) in [6.07, 6.45) is 4.15. The summed E-state index contributed by atoms with van der Waals surface area (Å²) in [5, 5.41) is 12.0. The highest BCUT2D eigenvalue weighted by Gasteiger charge is 2.29. The fraction of sp³-hybridized carbons (Fsp3) is 0.364. The number of nitro groups is 1. The molecule has 2 aliphatic heterocycles. The van der Waals surface area contributed by atoms with Gasteiger partial charge in [0, 0.05) is 37.5 Å². The maximum Gasteiger partial charge on any atom is 0.270 e. The van der Waals surface area contributed by atoms with E-state index in [1.54, 1.807) is 22.7 Å². The molecule has 30 heavy (non-hydrogen) atoms. The second kappa shape index (κ2) is 9.30. The second-order valence-electron chi connectivity index (χ2n) is 7.40. The zero-order chi connectivity index (χ0) is 20.9. The van der Waals surface area contributed by atoms with Crippen molar-refractivity contribution in [3.63, 3.8) is 0 Å². The first kappa shape index (κ1) is 20.4. The predicted molar refractivity (Wildman–Crippen MR) is 121 cm³/mol. The van der Waals surface area contributed by atoms with Gasteiger partial charge in [0.05, 0.1) is 21.9 Å². The van der Waals surface area contributed by atoms with E-state index in [9.17, 15) is 14.9 Å². The molecule has 0 spiro atoms. The number of nitro benzene ring substituents is 1. The van der Waals surface area contributed by atoms with Crippen LogP contribution in [0, 0.1) is 10.1 Å². The van der Waals surface area contributed by atoms with Gasteiger partial charge in [-0.1, -0.05) is 30.0 Å². The van der Waals surface area contributed by atoms with E-state index in [2.05, 4.69) is 9.89 Å². The molecule has 0 aliphatic carbocycles. The summed E-state index contributed by atoms with van der Waals surface area (Å²) < 4.78 is 0. The number of hydrogen-bond donors (Lipinski definition) is 0. The first-order chi connectivity index (χ1) is 14.6. The van der Waals surface area contributed by atoms with Gasteiger partial charge < -0.3 is 4.90 Å². The molecule has 0 N–H and O–H groups in total. The highest BCUT2D eigenvalue weighted by atomic mass is 32.2. The van der Waals surface area contributed by atoms with Crippen LogP contribution in [-0.2, 0) is 0 Å². The molecule has 0 radical (unpaired) electrons. The van der Waals surface area contributed by atoms with Gasteiger partial charge in [0.1, 0.15) is 0 Å². The summed E-state index contributed by atoms with van der Waals surface area (Å²) in [4.78, 5) is 33.1. The third-order valence-electron chi connectivity index (χ3n) is 5.33. The molecule has 0 saturated carbocycles. The minimum atomic E-state index is -0.444. The lowest BCUT2D eigenvalue weighted by Crippen LogP contribution is -2.40. The Kier molecular flexibility index (Phi) is 6.32. The highest BCUT2D eigenvalue weighted by molar-refractivity contribution is 8.13. The maximum absolute atomic E-state index is 13.6. The van der Waals surface area contributed by atoms with Gasteiger partial charge in [-0.25, -0.2) is 4.99 Å². The van der Waals surface area contributed by atoms with E-state index >= 15 is 0 Å². The van der Waals surface area contributed by atoms with Gasteiger partial charge in [0.2, 0.25) is 0 Å². The minimum absolute atomic E-state index is 0.0645. The lowest BCUT2D eigenvalue weighted by atomic mass is 10.1. The van der Waals surface area contributed by atoms with Crippen LogP contribution in [0.4, 0.5) is 17.1 Å². The van der Waals surface area contributed by atoms with Crippen molar-refractivity contribution in [2.45, 2.75) is 25.7 Å². The molecule has 4 rings (SSSR count). The third kappa shape index (κ3) is 4.48. The van der Waals surface area contributed by atoms with Crippen LogP contribution in [0.3, 0.4) is 0 Å². The first-order valence-electron chi connectivity index (χ1n) is 10.3. The van der Waals surface area contributed by atoms with Crippen molar-refractivity contribution in [3.8, 4) is 0 Å². The quantitative estimate of drug-likeness (QED) is 0.518. The van der Waals surface area contributed by atoms with Crippen LogP contribution in [-0.4, -0.2) is 46.3 Å². The molecular formula is C22H24N4O3S. The Morgan fingerprint density at radius 2 is 1.77 bits per heavy atom. The number of hydrogen-bond acceptors (Lipinski definition) is 6. The van der Waals surface area contributed by atoms with E-state index in [1.807, 2.05) is 30.3 Å². The monoisotopic (exact) mass is 424 g/mol. The summed E-state index contributed by atoms with van der Waals surface area (Å²) in [5.41, 5.74) is 1.88. The SMILES string of the molecule is O=C(c1cc([N+](=O)[O-])ccc1N1CCCCC1)N1CCCSC1=Nc1ccccc1. The summed E-state index contributed by atoms with van der Waals surface area (Å²) in [7, 11) is 0. The van der Waals surface area contributed by atoms with Crippen LogP contribution < -0.4 is 4.90 Å². The number of non-ortho nitro benzene ring substituents is 1. The number of rotatable bonds is 4. The Labute approximate surface area is 179 Å². The number of para-hydroxylation sites is 1. The van der Waals surface area contributed by atoms with Crippen LogP contribution in [0.2, 0.25) is 0 Å². The zero-order valence-corrected chi connectivity index (χ0v) is 17.5. The molecule has 8 heteroatoms. The number of amides is 1. The van der Waals surface area contributed by atoms with Crippen molar-refractivity contribution < 1.29 is 9.72 Å². The van der Waals surface area contributed by atoms with E-state index in [4.69, 9.17) is 0 Å². The number of nitrogens with zero attached hydrogens (tertiary/aromatic N) is 4. The van der Waals surface area contributed by atoms with Gasteiger partial charge in [-0.05, 0) is 43.9 Å². The number of anilines is 1. The largest absolute Gasteiger partial charge is 0.371 e. The molecular weight excluding hydrogens is 400 g/mol. The molecule has 0 unspecified atom stereocenters. The molecule has 2 aromatic carbocycles. The van der Waals surface area contributed by atoms with Crippen molar-refractivity contribution in [3.05, 3.63) is 64.2 Å². The zero-order valence-electron chi connectivity index (χ0n) is 16.7.